The highest BCUT2D eigenvalue weighted by molar-refractivity contribution is 5.82. The molecule has 0 aromatic heterocycles. The molecule has 0 spiro atoms. The van der Waals surface area contributed by atoms with Crippen molar-refractivity contribution in [2.75, 3.05) is 19.6 Å². The van der Waals surface area contributed by atoms with Gasteiger partial charge in [0.2, 0.25) is 0 Å². The van der Waals surface area contributed by atoms with E-state index in [1.54, 1.807) is 0 Å². The van der Waals surface area contributed by atoms with E-state index in [1.165, 1.54) is 0 Å². The summed E-state index contributed by atoms with van der Waals surface area (Å²) in [6.07, 6.45) is -3.37. The second-order valence-corrected chi connectivity index (χ2v) is 3.64. The zero-order valence-corrected chi connectivity index (χ0v) is 8.60. The largest absolute Gasteiger partial charge is 0.471 e. The van der Waals surface area contributed by atoms with E-state index in [4.69, 9.17) is 0 Å². The Hall–Kier alpha value is -0.780. The fourth-order valence-electron chi connectivity index (χ4n) is 1.78. The van der Waals surface area contributed by atoms with Crippen LogP contribution in [-0.4, -0.2) is 42.7 Å². The Morgan fingerprint density at radius 3 is 2.73 bits per heavy atom. The quantitative estimate of drug-likeness (QED) is 0.763. The van der Waals surface area contributed by atoms with Gasteiger partial charge in [0.15, 0.2) is 0 Å². The van der Waals surface area contributed by atoms with E-state index in [9.17, 15) is 18.0 Å². The second-order valence-electron chi connectivity index (χ2n) is 3.64. The summed E-state index contributed by atoms with van der Waals surface area (Å²) in [5, 5.41) is 2.99. The molecule has 1 unspecified atom stereocenters. The number of hydrogen-bond donors (Lipinski definition) is 1. The van der Waals surface area contributed by atoms with Crippen LogP contribution in [0.2, 0.25) is 0 Å². The van der Waals surface area contributed by atoms with Crippen molar-refractivity contribution in [3.63, 3.8) is 0 Å². The highest BCUT2D eigenvalue weighted by Gasteiger charge is 2.44. The van der Waals surface area contributed by atoms with Gasteiger partial charge in [-0.25, -0.2) is 0 Å². The number of carbonyl (C=O) groups excluding carboxylic acids is 1. The summed E-state index contributed by atoms with van der Waals surface area (Å²) in [6, 6.07) is -0.321. The molecule has 1 N–H and O–H groups in total. The van der Waals surface area contributed by atoms with Crippen LogP contribution in [0.4, 0.5) is 13.2 Å². The van der Waals surface area contributed by atoms with Gasteiger partial charge in [-0.2, -0.15) is 13.2 Å². The Morgan fingerprint density at radius 1 is 1.53 bits per heavy atom. The molecule has 0 aromatic carbocycles. The van der Waals surface area contributed by atoms with Crippen LogP contribution in [-0.2, 0) is 4.79 Å². The molecule has 88 valence electrons. The highest BCUT2D eigenvalue weighted by atomic mass is 19.4. The van der Waals surface area contributed by atoms with Crippen molar-refractivity contribution < 1.29 is 18.0 Å². The topological polar surface area (TPSA) is 32.3 Å². The predicted molar refractivity (Wildman–Crippen MR) is 49.3 cm³/mol. The number of piperazine rings is 1. The molecule has 0 aromatic rings. The van der Waals surface area contributed by atoms with Crippen molar-refractivity contribution in [2.45, 2.75) is 32.0 Å². The lowest BCUT2D eigenvalue weighted by atomic mass is 10.1. The minimum absolute atomic E-state index is 0.142. The van der Waals surface area contributed by atoms with Crippen LogP contribution in [0.1, 0.15) is 19.8 Å². The maximum Gasteiger partial charge on any atom is 0.471 e. The van der Waals surface area contributed by atoms with E-state index in [0.717, 1.165) is 11.3 Å². The molecule has 1 atom stereocenters. The molecule has 6 heteroatoms. The van der Waals surface area contributed by atoms with Crippen LogP contribution in [0.3, 0.4) is 0 Å². The van der Waals surface area contributed by atoms with E-state index >= 15 is 0 Å². The monoisotopic (exact) mass is 224 g/mol. The Balaban J connectivity index is 2.67. The fraction of sp³-hybridized carbons (Fsp3) is 0.889. The first kappa shape index (κ1) is 12.3. The van der Waals surface area contributed by atoms with Gasteiger partial charge in [-0.3, -0.25) is 4.79 Å². The second kappa shape index (κ2) is 4.83. The lowest BCUT2D eigenvalue weighted by Crippen LogP contribution is -2.56. The van der Waals surface area contributed by atoms with Crippen molar-refractivity contribution in [3.05, 3.63) is 0 Å². The maximum atomic E-state index is 12.2. The van der Waals surface area contributed by atoms with Crippen LogP contribution < -0.4 is 5.32 Å². The molecule has 3 nitrogen and oxygen atoms in total. The number of carbonyl (C=O) groups is 1. The predicted octanol–water partition coefficient (Wildman–Crippen LogP) is 1.15. The van der Waals surface area contributed by atoms with E-state index in [0.29, 0.717) is 19.5 Å². The number of nitrogens with one attached hydrogen (secondary N) is 1. The van der Waals surface area contributed by atoms with E-state index in [1.807, 2.05) is 6.92 Å². The Labute approximate surface area is 86.6 Å². The summed E-state index contributed by atoms with van der Waals surface area (Å²) in [7, 11) is 0. The van der Waals surface area contributed by atoms with E-state index in [2.05, 4.69) is 5.32 Å². The lowest BCUT2D eigenvalue weighted by Gasteiger charge is -2.36. The van der Waals surface area contributed by atoms with Crippen molar-refractivity contribution in [1.82, 2.24) is 10.2 Å². The van der Waals surface area contributed by atoms with E-state index in [-0.39, 0.29) is 12.6 Å². The first-order chi connectivity index (χ1) is 6.96. The summed E-state index contributed by atoms with van der Waals surface area (Å²) < 4.78 is 36.7. The van der Waals surface area contributed by atoms with Gasteiger partial charge >= 0.3 is 12.1 Å². The maximum absolute atomic E-state index is 12.2. The summed E-state index contributed by atoms with van der Waals surface area (Å²) in [4.78, 5) is 12.0. The first-order valence-electron chi connectivity index (χ1n) is 5.05. The van der Waals surface area contributed by atoms with Crippen LogP contribution in [0.5, 0.6) is 0 Å². The summed E-state index contributed by atoms with van der Waals surface area (Å²) in [6.45, 7) is 2.92. The third kappa shape index (κ3) is 3.09. The van der Waals surface area contributed by atoms with Crippen molar-refractivity contribution in [2.24, 2.45) is 0 Å². The Morgan fingerprint density at radius 2 is 2.20 bits per heavy atom. The molecule has 0 bridgehead atoms. The molecule has 1 rings (SSSR count). The van der Waals surface area contributed by atoms with Gasteiger partial charge in [-0.15, -0.1) is 0 Å². The molecule has 0 aliphatic carbocycles. The minimum Gasteiger partial charge on any atom is -0.329 e. The highest BCUT2D eigenvalue weighted by Crippen LogP contribution is 2.21. The number of rotatable bonds is 2. The zero-order valence-electron chi connectivity index (χ0n) is 8.60. The first-order valence-corrected chi connectivity index (χ1v) is 5.05. The molecular formula is C9H15F3N2O. The van der Waals surface area contributed by atoms with Crippen molar-refractivity contribution >= 4 is 5.91 Å². The fourth-order valence-corrected chi connectivity index (χ4v) is 1.78. The van der Waals surface area contributed by atoms with Gasteiger partial charge < -0.3 is 10.2 Å². The summed E-state index contributed by atoms with van der Waals surface area (Å²) in [5.74, 6) is -1.71. The third-order valence-electron chi connectivity index (χ3n) is 2.48. The van der Waals surface area contributed by atoms with Crippen LogP contribution in [0.25, 0.3) is 0 Å². The molecule has 1 aliphatic rings. The number of nitrogens with zero attached hydrogens (tertiary/aromatic N) is 1. The third-order valence-corrected chi connectivity index (χ3v) is 2.48. The summed E-state index contributed by atoms with van der Waals surface area (Å²) >= 11 is 0. The van der Waals surface area contributed by atoms with Crippen LogP contribution in [0.15, 0.2) is 0 Å². The molecule has 1 saturated heterocycles. The van der Waals surface area contributed by atoms with Gasteiger partial charge in [-0.05, 0) is 6.42 Å². The molecule has 1 aliphatic heterocycles. The number of hydrogen-bond acceptors (Lipinski definition) is 2. The van der Waals surface area contributed by atoms with Crippen LogP contribution in [0, 0.1) is 0 Å². The molecule has 15 heavy (non-hydrogen) atoms. The van der Waals surface area contributed by atoms with Gasteiger partial charge in [0, 0.05) is 25.7 Å². The van der Waals surface area contributed by atoms with Gasteiger partial charge in [0.25, 0.3) is 0 Å². The molecule has 0 saturated carbocycles. The lowest BCUT2D eigenvalue weighted by molar-refractivity contribution is -0.188. The normalized spacial score (nSPS) is 22.9. The molecule has 0 radical (unpaired) electrons. The molecule has 1 amide bonds. The van der Waals surface area contributed by atoms with Gasteiger partial charge in [0.05, 0.1) is 0 Å². The molecule has 1 heterocycles. The smallest absolute Gasteiger partial charge is 0.329 e. The summed E-state index contributed by atoms with van der Waals surface area (Å²) in [5.41, 5.74) is 0. The molecule has 1 fully saturated rings. The number of alkyl halides is 3. The van der Waals surface area contributed by atoms with Crippen LogP contribution >= 0.6 is 0 Å². The average molecular weight is 224 g/mol. The number of halogens is 3. The van der Waals surface area contributed by atoms with Crippen molar-refractivity contribution in [1.29, 1.82) is 0 Å². The van der Waals surface area contributed by atoms with E-state index < -0.39 is 12.1 Å². The van der Waals surface area contributed by atoms with Gasteiger partial charge in [0.1, 0.15) is 0 Å². The number of amides is 1. The standard InChI is InChI=1S/C9H15F3N2O/c1-2-3-7-6-13-4-5-14(7)8(15)9(10,11)12/h7,13H,2-6H2,1H3. The SMILES string of the molecule is CCCC1CNCCN1C(=O)C(F)(F)F. The van der Waals surface area contributed by atoms with Gasteiger partial charge in [-0.1, -0.05) is 13.3 Å². The average Bonchev–Trinajstić information content (AvgIpc) is 2.17. The Bertz CT molecular complexity index is 228. The van der Waals surface area contributed by atoms with Crippen molar-refractivity contribution in [3.8, 4) is 0 Å². The minimum atomic E-state index is -4.75. The molecular weight excluding hydrogens is 209 g/mol. The Kier molecular flexibility index (Phi) is 3.96. The zero-order chi connectivity index (χ0) is 11.5.